The maximum atomic E-state index is 9.71. The number of rotatable bonds is 6. The summed E-state index contributed by atoms with van der Waals surface area (Å²) >= 11 is 0. The van der Waals surface area contributed by atoms with Crippen molar-refractivity contribution < 1.29 is 5.11 Å². The summed E-state index contributed by atoms with van der Waals surface area (Å²) < 4.78 is 0. The molecule has 1 aliphatic carbocycles. The topological polar surface area (TPSA) is 35.5 Å². The summed E-state index contributed by atoms with van der Waals surface area (Å²) in [5, 5.41) is 13.1. The Bertz CT molecular complexity index is 185. The standard InChI is InChI=1S/C13H28N2O/c1-11-6-4-5-7-12(11)8-14-9-13(16)10-15(2)3/h11-14,16H,4-10H2,1-3H3. The molecule has 3 nitrogen and oxygen atoms in total. The Kier molecular flexibility index (Phi) is 6.32. The zero-order valence-corrected chi connectivity index (χ0v) is 11.1. The van der Waals surface area contributed by atoms with Crippen molar-refractivity contribution in [2.45, 2.75) is 38.7 Å². The fourth-order valence-corrected chi connectivity index (χ4v) is 2.62. The van der Waals surface area contributed by atoms with Gasteiger partial charge in [-0.1, -0.05) is 26.2 Å². The van der Waals surface area contributed by atoms with Crippen molar-refractivity contribution in [3.63, 3.8) is 0 Å². The second-order valence-corrected chi connectivity index (χ2v) is 5.60. The summed E-state index contributed by atoms with van der Waals surface area (Å²) in [5.41, 5.74) is 0. The summed E-state index contributed by atoms with van der Waals surface area (Å²) in [7, 11) is 3.98. The van der Waals surface area contributed by atoms with Crippen molar-refractivity contribution in [2.75, 3.05) is 33.7 Å². The Balaban J connectivity index is 2.09. The van der Waals surface area contributed by atoms with Crippen LogP contribution in [0.2, 0.25) is 0 Å². The van der Waals surface area contributed by atoms with Crippen molar-refractivity contribution in [3.8, 4) is 0 Å². The van der Waals surface area contributed by atoms with Crippen LogP contribution in [0.25, 0.3) is 0 Å². The first kappa shape index (κ1) is 13.9. The lowest BCUT2D eigenvalue weighted by Crippen LogP contribution is -2.38. The molecule has 2 N–H and O–H groups in total. The van der Waals surface area contributed by atoms with Gasteiger partial charge in [0, 0.05) is 13.1 Å². The highest BCUT2D eigenvalue weighted by Crippen LogP contribution is 2.28. The molecule has 0 bridgehead atoms. The van der Waals surface area contributed by atoms with E-state index in [1.165, 1.54) is 25.7 Å². The van der Waals surface area contributed by atoms with Gasteiger partial charge >= 0.3 is 0 Å². The predicted octanol–water partition coefficient (Wildman–Crippen LogP) is 1.32. The Morgan fingerprint density at radius 1 is 1.31 bits per heavy atom. The Labute approximate surface area is 100 Å². The third-order valence-corrected chi connectivity index (χ3v) is 3.65. The molecular weight excluding hydrogens is 200 g/mol. The van der Waals surface area contributed by atoms with E-state index in [0.717, 1.165) is 31.5 Å². The molecule has 1 fully saturated rings. The number of nitrogens with one attached hydrogen (secondary N) is 1. The molecule has 96 valence electrons. The molecule has 1 rings (SSSR count). The van der Waals surface area contributed by atoms with Crippen molar-refractivity contribution in [3.05, 3.63) is 0 Å². The molecule has 3 heteroatoms. The minimum Gasteiger partial charge on any atom is -0.390 e. The lowest BCUT2D eigenvalue weighted by Gasteiger charge is -2.29. The van der Waals surface area contributed by atoms with E-state index in [2.05, 4.69) is 12.2 Å². The summed E-state index contributed by atoms with van der Waals surface area (Å²) in [5.74, 6) is 1.67. The SMILES string of the molecule is CC1CCCCC1CNCC(O)CN(C)C. The first-order valence-electron chi connectivity index (χ1n) is 6.63. The number of aliphatic hydroxyl groups is 1. The van der Waals surface area contributed by atoms with Gasteiger partial charge < -0.3 is 15.3 Å². The van der Waals surface area contributed by atoms with Gasteiger partial charge in [-0.05, 0) is 38.9 Å². The van der Waals surface area contributed by atoms with E-state index in [1.807, 2.05) is 19.0 Å². The minimum absolute atomic E-state index is 0.242. The highest BCUT2D eigenvalue weighted by Gasteiger charge is 2.20. The van der Waals surface area contributed by atoms with E-state index in [4.69, 9.17) is 0 Å². The third kappa shape index (κ3) is 5.28. The fraction of sp³-hybridized carbons (Fsp3) is 1.00. The molecule has 0 aromatic rings. The van der Waals surface area contributed by atoms with E-state index in [9.17, 15) is 5.11 Å². The summed E-state index contributed by atoms with van der Waals surface area (Å²) in [6.07, 6.45) is 5.29. The monoisotopic (exact) mass is 228 g/mol. The van der Waals surface area contributed by atoms with Crippen molar-refractivity contribution >= 4 is 0 Å². The highest BCUT2D eigenvalue weighted by molar-refractivity contribution is 4.75. The Morgan fingerprint density at radius 2 is 2.00 bits per heavy atom. The largest absolute Gasteiger partial charge is 0.390 e. The van der Waals surface area contributed by atoms with Gasteiger partial charge in [-0.25, -0.2) is 0 Å². The van der Waals surface area contributed by atoms with Crippen LogP contribution in [0.15, 0.2) is 0 Å². The lowest BCUT2D eigenvalue weighted by molar-refractivity contribution is 0.130. The van der Waals surface area contributed by atoms with E-state index in [0.29, 0.717) is 0 Å². The number of likely N-dealkylation sites (N-methyl/N-ethyl adjacent to an activating group) is 1. The predicted molar refractivity (Wildman–Crippen MR) is 68.6 cm³/mol. The second-order valence-electron chi connectivity index (χ2n) is 5.60. The Hall–Kier alpha value is -0.120. The van der Waals surface area contributed by atoms with Crippen LogP contribution in [-0.4, -0.2) is 49.8 Å². The van der Waals surface area contributed by atoms with Crippen LogP contribution in [0.5, 0.6) is 0 Å². The molecule has 1 saturated carbocycles. The number of aliphatic hydroxyl groups excluding tert-OH is 1. The average Bonchev–Trinajstić information content (AvgIpc) is 2.19. The van der Waals surface area contributed by atoms with E-state index in [1.54, 1.807) is 0 Å². The van der Waals surface area contributed by atoms with Crippen LogP contribution in [-0.2, 0) is 0 Å². The minimum atomic E-state index is -0.242. The van der Waals surface area contributed by atoms with E-state index < -0.39 is 0 Å². The van der Waals surface area contributed by atoms with Gasteiger partial charge in [0.25, 0.3) is 0 Å². The van der Waals surface area contributed by atoms with Crippen molar-refractivity contribution in [1.29, 1.82) is 0 Å². The van der Waals surface area contributed by atoms with E-state index in [-0.39, 0.29) is 6.10 Å². The molecule has 16 heavy (non-hydrogen) atoms. The van der Waals surface area contributed by atoms with Crippen LogP contribution in [0, 0.1) is 11.8 Å². The quantitative estimate of drug-likeness (QED) is 0.720. The van der Waals surface area contributed by atoms with Gasteiger partial charge in [-0.3, -0.25) is 0 Å². The molecule has 3 atom stereocenters. The van der Waals surface area contributed by atoms with Crippen LogP contribution >= 0.6 is 0 Å². The van der Waals surface area contributed by atoms with Gasteiger partial charge in [0.1, 0.15) is 0 Å². The van der Waals surface area contributed by atoms with Gasteiger partial charge in [-0.15, -0.1) is 0 Å². The molecule has 0 heterocycles. The molecule has 0 amide bonds. The van der Waals surface area contributed by atoms with E-state index >= 15 is 0 Å². The first-order valence-corrected chi connectivity index (χ1v) is 6.63. The highest BCUT2D eigenvalue weighted by atomic mass is 16.3. The number of hydrogen-bond donors (Lipinski definition) is 2. The average molecular weight is 228 g/mol. The van der Waals surface area contributed by atoms with Crippen molar-refractivity contribution in [1.82, 2.24) is 10.2 Å². The summed E-state index contributed by atoms with van der Waals surface area (Å²) in [6.45, 7) is 4.90. The van der Waals surface area contributed by atoms with Crippen LogP contribution < -0.4 is 5.32 Å². The normalized spacial score (nSPS) is 28.3. The molecule has 1 aliphatic rings. The molecule has 0 aromatic carbocycles. The number of nitrogens with zero attached hydrogens (tertiary/aromatic N) is 1. The van der Waals surface area contributed by atoms with Crippen LogP contribution in [0.3, 0.4) is 0 Å². The molecule has 3 unspecified atom stereocenters. The summed E-state index contributed by atoms with van der Waals surface area (Å²) in [4.78, 5) is 2.02. The smallest absolute Gasteiger partial charge is 0.0791 e. The van der Waals surface area contributed by atoms with Crippen LogP contribution in [0.1, 0.15) is 32.6 Å². The van der Waals surface area contributed by atoms with Crippen LogP contribution in [0.4, 0.5) is 0 Å². The maximum Gasteiger partial charge on any atom is 0.0791 e. The first-order chi connectivity index (χ1) is 7.59. The zero-order chi connectivity index (χ0) is 12.0. The maximum absolute atomic E-state index is 9.71. The Morgan fingerprint density at radius 3 is 2.62 bits per heavy atom. The molecule has 0 radical (unpaired) electrons. The fourth-order valence-electron chi connectivity index (χ4n) is 2.62. The third-order valence-electron chi connectivity index (χ3n) is 3.65. The van der Waals surface area contributed by atoms with Gasteiger partial charge in [0.15, 0.2) is 0 Å². The second kappa shape index (κ2) is 7.25. The van der Waals surface area contributed by atoms with Gasteiger partial charge in [0.2, 0.25) is 0 Å². The number of hydrogen-bond acceptors (Lipinski definition) is 3. The molecule has 0 saturated heterocycles. The van der Waals surface area contributed by atoms with Gasteiger partial charge in [-0.2, -0.15) is 0 Å². The molecule has 0 spiro atoms. The molecular formula is C13H28N2O. The molecule has 0 aliphatic heterocycles. The summed E-state index contributed by atoms with van der Waals surface area (Å²) in [6, 6.07) is 0. The van der Waals surface area contributed by atoms with Crippen molar-refractivity contribution in [2.24, 2.45) is 11.8 Å². The van der Waals surface area contributed by atoms with Gasteiger partial charge in [0.05, 0.1) is 6.10 Å². The molecule has 0 aromatic heterocycles. The lowest BCUT2D eigenvalue weighted by atomic mass is 9.80. The zero-order valence-electron chi connectivity index (χ0n) is 11.1.